The van der Waals surface area contributed by atoms with E-state index in [1.807, 2.05) is 13.8 Å². The van der Waals surface area contributed by atoms with Crippen LogP contribution in [0.2, 0.25) is 0 Å². The van der Waals surface area contributed by atoms with Gasteiger partial charge in [-0.3, -0.25) is 19.7 Å². The average molecular weight is 368 g/mol. The summed E-state index contributed by atoms with van der Waals surface area (Å²) < 4.78 is 5.16. The lowest BCUT2D eigenvalue weighted by Gasteiger charge is -2.15. The van der Waals surface area contributed by atoms with E-state index in [1.54, 1.807) is 0 Å². The summed E-state index contributed by atoms with van der Waals surface area (Å²) in [7, 11) is 0. The summed E-state index contributed by atoms with van der Waals surface area (Å²) in [6, 6.07) is 9.75. The predicted molar refractivity (Wildman–Crippen MR) is 95.8 cm³/mol. The normalized spacial score (nSPS) is 13.1. The van der Waals surface area contributed by atoms with Gasteiger partial charge in [0.05, 0.1) is 28.3 Å². The first kappa shape index (κ1) is 18.2. The zero-order valence-corrected chi connectivity index (χ0v) is 14.7. The summed E-state index contributed by atoms with van der Waals surface area (Å²) >= 11 is 0. The molecule has 8 nitrogen and oxygen atoms in total. The van der Waals surface area contributed by atoms with Gasteiger partial charge in [-0.1, -0.05) is 26.0 Å². The molecule has 0 atom stereocenters. The molecule has 0 fully saturated rings. The van der Waals surface area contributed by atoms with Crippen molar-refractivity contribution in [3.63, 3.8) is 0 Å². The maximum atomic E-state index is 12.7. The third-order valence-electron chi connectivity index (χ3n) is 3.98. The number of carbonyl (C=O) groups excluding carboxylic acids is 3. The molecule has 0 aromatic heterocycles. The number of nitro groups is 1. The van der Waals surface area contributed by atoms with Crippen LogP contribution in [-0.4, -0.2) is 29.3 Å². The zero-order chi connectivity index (χ0) is 19.7. The highest BCUT2D eigenvalue weighted by atomic mass is 16.6. The van der Waals surface area contributed by atoms with Crippen LogP contribution in [0.1, 0.15) is 44.9 Å². The summed E-state index contributed by atoms with van der Waals surface area (Å²) in [5, 5.41) is 11.2. The zero-order valence-electron chi connectivity index (χ0n) is 14.7. The molecule has 8 heteroatoms. The number of esters is 1. The molecular formula is C19H16N2O6. The molecule has 0 N–H and O–H groups in total. The Morgan fingerprint density at radius 2 is 1.85 bits per heavy atom. The Labute approximate surface area is 154 Å². The molecule has 1 aliphatic rings. The summed E-state index contributed by atoms with van der Waals surface area (Å²) in [4.78, 5) is 48.8. The van der Waals surface area contributed by atoms with E-state index < -0.39 is 28.4 Å². The van der Waals surface area contributed by atoms with Crippen LogP contribution < -0.4 is 4.90 Å². The van der Waals surface area contributed by atoms with Gasteiger partial charge < -0.3 is 4.74 Å². The van der Waals surface area contributed by atoms with E-state index in [0.717, 1.165) is 4.90 Å². The third kappa shape index (κ3) is 3.29. The summed E-state index contributed by atoms with van der Waals surface area (Å²) in [5.41, 5.74) is -0.392. The number of ether oxygens (including phenoxy) is 1. The number of amides is 2. The molecule has 0 saturated heterocycles. The van der Waals surface area contributed by atoms with Gasteiger partial charge in [0.2, 0.25) is 0 Å². The largest absolute Gasteiger partial charge is 0.462 e. The lowest BCUT2D eigenvalue weighted by atomic mass is 10.1. The van der Waals surface area contributed by atoms with E-state index in [2.05, 4.69) is 0 Å². The molecule has 1 heterocycles. The number of anilines is 1. The van der Waals surface area contributed by atoms with Crippen molar-refractivity contribution in [2.75, 3.05) is 11.5 Å². The Morgan fingerprint density at radius 3 is 2.52 bits per heavy atom. The fourth-order valence-corrected chi connectivity index (χ4v) is 2.75. The molecule has 1 aliphatic heterocycles. The topological polar surface area (TPSA) is 107 Å². The number of rotatable bonds is 5. The van der Waals surface area contributed by atoms with E-state index in [0.29, 0.717) is 0 Å². The van der Waals surface area contributed by atoms with Gasteiger partial charge in [0.1, 0.15) is 5.56 Å². The standard InChI is InChI=1S/C19H16N2O6/c1-11(2)10-27-19(24)12-5-3-6-13(9-12)20-17(22)14-7-4-8-15(21(25)26)16(14)18(20)23/h3-9,11H,10H2,1-2H3. The Morgan fingerprint density at radius 1 is 1.15 bits per heavy atom. The number of hydrogen-bond donors (Lipinski definition) is 0. The molecule has 2 amide bonds. The molecule has 0 radical (unpaired) electrons. The van der Waals surface area contributed by atoms with E-state index in [4.69, 9.17) is 4.74 Å². The Balaban J connectivity index is 1.96. The van der Waals surface area contributed by atoms with Gasteiger partial charge in [-0.15, -0.1) is 0 Å². The smallest absolute Gasteiger partial charge is 0.338 e. The Hall–Kier alpha value is -3.55. The van der Waals surface area contributed by atoms with Crippen molar-refractivity contribution in [1.29, 1.82) is 0 Å². The van der Waals surface area contributed by atoms with Crippen molar-refractivity contribution in [2.24, 2.45) is 5.92 Å². The van der Waals surface area contributed by atoms with Crippen molar-refractivity contribution in [3.8, 4) is 0 Å². The van der Waals surface area contributed by atoms with Gasteiger partial charge in [0, 0.05) is 6.07 Å². The number of nitro benzene ring substituents is 1. The number of carbonyl (C=O) groups is 3. The lowest BCUT2D eigenvalue weighted by molar-refractivity contribution is -0.385. The van der Waals surface area contributed by atoms with Crippen LogP contribution in [0.3, 0.4) is 0 Å². The lowest BCUT2D eigenvalue weighted by Crippen LogP contribution is -2.29. The highest BCUT2D eigenvalue weighted by molar-refractivity contribution is 6.35. The first-order valence-electron chi connectivity index (χ1n) is 8.24. The highest BCUT2D eigenvalue weighted by Crippen LogP contribution is 2.34. The number of fused-ring (bicyclic) bond motifs is 1. The molecule has 0 bridgehead atoms. The van der Waals surface area contributed by atoms with Crippen LogP contribution >= 0.6 is 0 Å². The SMILES string of the molecule is CC(C)COC(=O)c1cccc(N2C(=O)c3cccc([N+](=O)[O-])c3C2=O)c1. The molecule has 138 valence electrons. The van der Waals surface area contributed by atoms with Gasteiger partial charge in [0.25, 0.3) is 17.5 Å². The number of hydrogen-bond acceptors (Lipinski definition) is 6. The van der Waals surface area contributed by atoms with Crippen molar-refractivity contribution >= 4 is 29.2 Å². The van der Waals surface area contributed by atoms with Gasteiger partial charge in [-0.25, -0.2) is 9.69 Å². The maximum Gasteiger partial charge on any atom is 0.338 e. The fraction of sp³-hybridized carbons (Fsp3) is 0.211. The molecule has 0 spiro atoms. The fourth-order valence-electron chi connectivity index (χ4n) is 2.75. The first-order chi connectivity index (χ1) is 12.8. The molecule has 2 aromatic carbocycles. The van der Waals surface area contributed by atoms with Crippen LogP contribution in [0, 0.1) is 16.0 Å². The Kier molecular flexibility index (Phi) is 4.72. The molecule has 0 unspecified atom stereocenters. The minimum absolute atomic E-state index is 0.0398. The quantitative estimate of drug-likeness (QED) is 0.347. The monoisotopic (exact) mass is 368 g/mol. The third-order valence-corrected chi connectivity index (χ3v) is 3.98. The van der Waals surface area contributed by atoms with E-state index in [1.165, 1.54) is 42.5 Å². The van der Waals surface area contributed by atoms with Crippen LogP contribution in [0.4, 0.5) is 11.4 Å². The minimum atomic E-state index is -0.796. The van der Waals surface area contributed by atoms with Crippen molar-refractivity contribution < 1.29 is 24.0 Å². The Bertz CT molecular complexity index is 966. The average Bonchev–Trinajstić information content (AvgIpc) is 2.90. The molecule has 3 rings (SSSR count). The van der Waals surface area contributed by atoms with Crippen molar-refractivity contribution in [2.45, 2.75) is 13.8 Å². The first-order valence-corrected chi connectivity index (χ1v) is 8.24. The van der Waals surface area contributed by atoms with Gasteiger partial charge in [0.15, 0.2) is 0 Å². The molecule has 0 aliphatic carbocycles. The van der Waals surface area contributed by atoms with Crippen molar-refractivity contribution in [1.82, 2.24) is 0 Å². The summed E-state index contributed by atoms with van der Waals surface area (Å²) in [6.07, 6.45) is 0. The second kappa shape index (κ2) is 6.99. The predicted octanol–water partition coefficient (Wildman–Crippen LogP) is 3.21. The second-order valence-corrected chi connectivity index (χ2v) is 6.45. The summed E-state index contributed by atoms with van der Waals surface area (Å²) in [5.74, 6) is -1.89. The van der Waals surface area contributed by atoms with Gasteiger partial charge in [-0.05, 0) is 30.2 Å². The van der Waals surface area contributed by atoms with Crippen LogP contribution in [0.15, 0.2) is 42.5 Å². The summed E-state index contributed by atoms with van der Waals surface area (Å²) in [6.45, 7) is 4.03. The van der Waals surface area contributed by atoms with E-state index in [9.17, 15) is 24.5 Å². The number of benzene rings is 2. The number of imide groups is 1. The van der Waals surface area contributed by atoms with Crippen LogP contribution in [0.5, 0.6) is 0 Å². The van der Waals surface area contributed by atoms with E-state index in [-0.39, 0.29) is 34.9 Å². The molecule has 0 saturated carbocycles. The van der Waals surface area contributed by atoms with E-state index >= 15 is 0 Å². The maximum absolute atomic E-state index is 12.7. The minimum Gasteiger partial charge on any atom is -0.462 e. The van der Waals surface area contributed by atoms with Crippen LogP contribution in [0.25, 0.3) is 0 Å². The van der Waals surface area contributed by atoms with Gasteiger partial charge >= 0.3 is 5.97 Å². The highest BCUT2D eigenvalue weighted by Gasteiger charge is 2.41. The molecule has 2 aromatic rings. The van der Waals surface area contributed by atoms with Gasteiger partial charge in [-0.2, -0.15) is 0 Å². The molecule has 27 heavy (non-hydrogen) atoms. The van der Waals surface area contributed by atoms with Crippen LogP contribution in [-0.2, 0) is 4.74 Å². The number of nitrogens with zero attached hydrogens (tertiary/aromatic N) is 2. The second-order valence-electron chi connectivity index (χ2n) is 6.45. The van der Waals surface area contributed by atoms with Crippen molar-refractivity contribution in [3.05, 3.63) is 69.3 Å². The molecular weight excluding hydrogens is 352 g/mol.